The highest BCUT2D eigenvalue weighted by Gasteiger charge is 2.45. The summed E-state index contributed by atoms with van der Waals surface area (Å²) in [6.07, 6.45) is 8.04. The third-order valence-corrected chi connectivity index (χ3v) is 6.86. The van der Waals surface area contributed by atoms with Crippen molar-refractivity contribution < 1.29 is 19.1 Å². The van der Waals surface area contributed by atoms with E-state index in [0.717, 1.165) is 49.5 Å². The quantitative estimate of drug-likeness (QED) is 0.612. The van der Waals surface area contributed by atoms with Gasteiger partial charge in [-0.2, -0.15) is 5.10 Å². The number of nitrogens with zero attached hydrogens (tertiary/aromatic N) is 3. The second-order valence-electron chi connectivity index (χ2n) is 9.17. The summed E-state index contributed by atoms with van der Waals surface area (Å²) in [4.78, 5) is 39.8. The Labute approximate surface area is 198 Å². The molecule has 1 aromatic heterocycles. The molecule has 4 heterocycles. The molecule has 3 aliphatic rings. The van der Waals surface area contributed by atoms with E-state index in [2.05, 4.69) is 22.3 Å². The summed E-state index contributed by atoms with van der Waals surface area (Å²) in [6.45, 7) is 6.79. The molecule has 1 unspecified atom stereocenters. The predicted octanol–water partition coefficient (Wildman–Crippen LogP) is 2.70. The molecule has 9 heteroatoms. The highest BCUT2D eigenvalue weighted by Crippen LogP contribution is 2.33. The fourth-order valence-corrected chi connectivity index (χ4v) is 4.91. The van der Waals surface area contributed by atoms with E-state index >= 15 is 0 Å². The zero-order chi connectivity index (χ0) is 23.7. The third-order valence-electron chi connectivity index (χ3n) is 6.86. The molecule has 0 spiro atoms. The molecule has 1 aromatic carbocycles. The zero-order valence-corrected chi connectivity index (χ0v) is 19.1. The summed E-state index contributed by atoms with van der Waals surface area (Å²) in [7, 11) is 0. The first kappa shape index (κ1) is 22.3. The Balaban J connectivity index is 1.25. The smallest absolute Gasteiger partial charge is 0.264 e. The summed E-state index contributed by atoms with van der Waals surface area (Å²) in [6, 6.07) is 4.34. The maximum Gasteiger partial charge on any atom is 0.264 e. The van der Waals surface area contributed by atoms with Crippen molar-refractivity contribution in [2.75, 3.05) is 18.5 Å². The van der Waals surface area contributed by atoms with E-state index in [4.69, 9.17) is 4.74 Å². The first-order valence-electron chi connectivity index (χ1n) is 11.8. The van der Waals surface area contributed by atoms with Gasteiger partial charge in [-0.15, -0.1) is 0 Å². The van der Waals surface area contributed by atoms with Crippen molar-refractivity contribution in [2.45, 2.75) is 51.2 Å². The number of benzene rings is 1. The number of aromatic nitrogens is 2. The molecular formula is C25H29N5O4. The number of allylic oxidation sites excluding steroid dienone is 1. The molecule has 0 bridgehead atoms. The van der Waals surface area contributed by atoms with Crippen LogP contribution in [0.2, 0.25) is 0 Å². The van der Waals surface area contributed by atoms with Gasteiger partial charge in [0.25, 0.3) is 11.8 Å². The zero-order valence-electron chi connectivity index (χ0n) is 19.1. The van der Waals surface area contributed by atoms with Gasteiger partial charge in [-0.3, -0.25) is 24.0 Å². The Morgan fingerprint density at radius 3 is 2.76 bits per heavy atom. The van der Waals surface area contributed by atoms with E-state index in [0.29, 0.717) is 47.8 Å². The van der Waals surface area contributed by atoms with Gasteiger partial charge in [0.2, 0.25) is 5.91 Å². The monoisotopic (exact) mass is 463 g/mol. The molecule has 3 amide bonds. The van der Waals surface area contributed by atoms with Crippen LogP contribution in [0, 0.1) is 5.92 Å². The number of hydrogen-bond acceptors (Lipinski definition) is 6. The lowest BCUT2D eigenvalue weighted by Crippen LogP contribution is -2.51. The van der Waals surface area contributed by atoms with Crippen LogP contribution in [0.1, 0.15) is 58.4 Å². The molecule has 2 fully saturated rings. The minimum atomic E-state index is -0.820. The molecule has 0 saturated carbocycles. The van der Waals surface area contributed by atoms with Crippen LogP contribution in [0.15, 0.2) is 42.9 Å². The standard InChI is InChI=1S/C25H29N5O4/c1-16-5-6-21(23(31)28-16)30-24(32)19-3-2-4-20(22(19)25(30)33)26-13-18-14-27-29(15-18)10-7-17-8-11-34-12-9-17/h2-4,14-15,17,21,26H,1,5-13H2,(H,28,31). The molecule has 178 valence electrons. The van der Waals surface area contributed by atoms with Crippen LogP contribution < -0.4 is 10.6 Å². The number of piperidine rings is 1. The van der Waals surface area contributed by atoms with Crippen molar-refractivity contribution in [1.29, 1.82) is 0 Å². The molecule has 1 atom stereocenters. The van der Waals surface area contributed by atoms with Crippen molar-refractivity contribution in [3.05, 3.63) is 59.6 Å². The second kappa shape index (κ2) is 9.42. The third kappa shape index (κ3) is 4.35. The van der Waals surface area contributed by atoms with E-state index in [1.54, 1.807) is 18.2 Å². The van der Waals surface area contributed by atoms with Crippen LogP contribution in [0.5, 0.6) is 0 Å². The predicted molar refractivity (Wildman–Crippen MR) is 125 cm³/mol. The fraction of sp³-hybridized carbons (Fsp3) is 0.440. The number of fused-ring (bicyclic) bond motifs is 1. The van der Waals surface area contributed by atoms with E-state index in [-0.39, 0.29) is 5.91 Å². The molecule has 3 aliphatic heterocycles. The molecule has 5 rings (SSSR count). The maximum absolute atomic E-state index is 13.2. The number of nitrogens with one attached hydrogen (secondary N) is 2. The second-order valence-corrected chi connectivity index (χ2v) is 9.17. The minimum Gasteiger partial charge on any atom is -0.381 e. The van der Waals surface area contributed by atoms with Gasteiger partial charge in [-0.25, -0.2) is 0 Å². The highest BCUT2D eigenvalue weighted by atomic mass is 16.5. The van der Waals surface area contributed by atoms with Gasteiger partial charge < -0.3 is 15.4 Å². The van der Waals surface area contributed by atoms with E-state index in [1.165, 1.54) is 0 Å². The van der Waals surface area contributed by atoms with Gasteiger partial charge in [0, 0.05) is 49.4 Å². The topological polar surface area (TPSA) is 106 Å². The Morgan fingerprint density at radius 1 is 1.15 bits per heavy atom. The molecule has 9 nitrogen and oxygen atoms in total. The van der Waals surface area contributed by atoms with Crippen LogP contribution in [-0.2, 0) is 22.6 Å². The summed E-state index contributed by atoms with van der Waals surface area (Å²) < 4.78 is 7.38. The molecule has 2 N–H and O–H groups in total. The summed E-state index contributed by atoms with van der Waals surface area (Å²) in [5, 5.41) is 10.4. The van der Waals surface area contributed by atoms with Crippen LogP contribution in [0.3, 0.4) is 0 Å². The van der Waals surface area contributed by atoms with E-state index in [1.807, 2.05) is 17.1 Å². The molecule has 2 aromatic rings. The number of rotatable bonds is 7. The SMILES string of the molecule is C=C1CCC(N2C(=O)c3cccc(NCc4cnn(CCC5CCOCC5)c4)c3C2=O)C(=O)N1. The maximum atomic E-state index is 13.2. The van der Waals surface area contributed by atoms with Gasteiger partial charge in [-0.1, -0.05) is 12.6 Å². The van der Waals surface area contributed by atoms with Crippen LogP contribution in [0.25, 0.3) is 0 Å². The lowest BCUT2D eigenvalue weighted by atomic mass is 9.97. The Morgan fingerprint density at radius 2 is 1.97 bits per heavy atom. The number of carbonyl (C=O) groups excluding carboxylic acids is 3. The van der Waals surface area contributed by atoms with Crippen LogP contribution in [0.4, 0.5) is 5.69 Å². The highest BCUT2D eigenvalue weighted by molar-refractivity contribution is 6.25. The lowest BCUT2D eigenvalue weighted by Gasteiger charge is -2.29. The molecule has 2 saturated heterocycles. The largest absolute Gasteiger partial charge is 0.381 e. The molecular weight excluding hydrogens is 434 g/mol. The van der Waals surface area contributed by atoms with Crippen LogP contribution >= 0.6 is 0 Å². The number of amides is 3. The van der Waals surface area contributed by atoms with Crippen LogP contribution in [-0.4, -0.2) is 51.7 Å². The number of anilines is 1. The molecule has 0 aliphatic carbocycles. The number of hydrogen-bond donors (Lipinski definition) is 2. The number of carbonyl (C=O) groups is 3. The Bertz CT molecular complexity index is 1130. The summed E-state index contributed by atoms with van der Waals surface area (Å²) in [5.41, 5.74) is 2.81. The normalized spacial score (nSPS) is 21.1. The van der Waals surface area contributed by atoms with Crippen molar-refractivity contribution >= 4 is 23.4 Å². The number of aryl methyl sites for hydroxylation is 1. The summed E-state index contributed by atoms with van der Waals surface area (Å²) in [5.74, 6) is -0.559. The van der Waals surface area contributed by atoms with Gasteiger partial charge in [-0.05, 0) is 50.2 Å². The van der Waals surface area contributed by atoms with E-state index in [9.17, 15) is 14.4 Å². The van der Waals surface area contributed by atoms with Gasteiger partial charge in [0.05, 0.1) is 17.3 Å². The lowest BCUT2D eigenvalue weighted by molar-refractivity contribution is -0.125. The first-order chi connectivity index (χ1) is 16.5. The molecule has 0 radical (unpaired) electrons. The van der Waals surface area contributed by atoms with Crippen molar-refractivity contribution in [3.8, 4) is 0 Å². The Kier molecular flexibility index (Phi) is 6.19. The summed E-state index contributed by atoms with van der Waals surface area (Å²) >= 11 is 0. The average Bonchev–Trinajstić information content (AvgIpc) is 3.40. The number of imide groups is 1. The van der Waals surface area contributed by atoms with Gasteiger partial charge in [0.15, 0.2) is 0 Å². The van der Waals surface area contributed by atoms with Gasteiger partial charge >= 0.3 is 0 Å². The van der Waals surface area contributed by atoms with Gasteiger partial charge in [0.1, 0.15) is 6.04 Å². The first-order valence-corrected chi connectivity index (χ1v) is 11.8. The van der Waals surface area contributed by atoms with Crippen molar-refractivity contribution in [2.24, 2.45) is 5.92 Å². The van der Waals surface area contributed by atoms with E-state index < -0.39 is 17.9 Å². The number of ether oxygens (including phenoxy) is 1. The average molecular weight is 464 g/mol. The van der Waals surface area contributed by atoms with Crippen molar-refractivity contribution in [1.82, 2.24) is 20.0 Å². The fourth-order valence-electron chi connectivity index (χ4n) is 4.91. The molecule has 34 heavy (non-hydrogen) atoms. The van der Waals surface area contributed by atoms with Crippen molar-refractivity contribution in [3.63, 3.8) is 0 Å². The minimum absolute atomic E-state index is 0.316. The Hall–Kier alpha value is -3.46.